The number of thiazole rings is 1. The first-order valence-corrected chi connectivity index (χ1v) is 5.50. The van der Waals surface area contributed by atoms with Gasteiger partial charge in [-0.1, -0.05) is 11.3 Å². The Kier molecular flexibility index (Phi) is 3.26. The summed E-state index contributed by atoms with van der Waals surface area (Å²) in [5.41, 5.74) is 1.71. The van der Waals surface area contributed by atoms with Crippen LogP contribution in [0.2, 0.25) is 0 Å². The molecule has 2 rings (SSSR count). The number of ether oxygens (including phenoxy) is 3. The molecule has 1 heterocycles. The second-order valence-electron chi connectivity index (χ2n) is 2.94. The van der Waals surface area contributed by atoms with Crippen molar-refractivity contribution in [3.63, 3.8) is 0 Å². The van der Waals surface area contributed by atoms with E-state index in [1.54, 1.807) is 38.1 Å². The van der Waals surface area contributed by atoms with Crippen LogP contribution in [0.5, 0.6) is 22.3 Å². The van der Waals surface area contributed by atoms with Crippen LogP contribution < -0.4 is 14.2 Å². The molecule has 0 aliphatic rings. The zero-order chi connectivity index (χ0) is 11.4. The standard InChI is InChI=1S/C11H11NO3S/c1-13-8-3-4-9(10(5-8)14-2)15-11-6-12-7-16-11/h3-7H,1-2H3. The third kappa shape index (κ3) is 2.25. The van der Waals surface area contributed by atoms with Crippen LogP contribution in [-0.2, 0) is 0 Å². The molecule has 0 N–H and O–H groups in total. The summed E-state index contributed by atoms with van der Waals surface area (Å²) >= 11 is 1.43. The van der Waals surface area contributed by atoms with Gasteiger partial charge in [0, 0.05) is 6.07 Å². The van der Waals surface area contributed by atoms with Gasteiger partial charge >= 0.3 is 0 Å². The molecular formula is C11H11NO3S. The lowest BCUT2D eigenvalue weighted by Gasteiger charge is -2.09. The predicted molar refractivity (Wildman–Crippen MR) is 61.7 cm³/mol. The summed E-state index contributed by atoms with van der Waals surface area (Å²) in [4.78, 5) is 3.94. The Labute approximate surface area is 97.4 Å². The summed E-state index contributed by atoms with van der Waals surface area (Å²) < 4.78 is 15.9. The highest BCUT2D eigenvalue weighted by atomic mass is 32.1. The number of nitrogens with zero attached hydrogens (tertiary/aromatic N) is 1. The van der Waals surface area contributed by atoms with Gasteiger partial charge in [-0.3, -0.25) is 0 Å². The summed E-state index contributed by atoms with van der Waals surface area (Å²) in [5.74, 6) is 2.01. The van der Waals surface area contributed by atoms with Crippen molar-refractivity contribution in [1.82, 2.24) is 4.98 Å². The monoisotopic (exact) mass is 237 g/mol. The fourth-order valence-electron chi connectivity index (χ4n) is 1.22. The van der Waals surface area contributed by atoms with E-state index in [1.807, 2.05) is 6.07 Å². The Morgan fingerprint density at radius 2 is 2.00 bits per heavy atom. The molecule has 16 heavy (non-hydrogen) atoms. The average molecular weight is 237 g/mol. The van der Waals surface area contributed by atoms with Crippen molar-refractivity contribution in [2.45, 2.75) is 0 Å². The third-order valence-electron chi connectivity index (χ3n) is 1.99. The van der Waals surface area contributed by atoms with E-state index in [-0.39, 0.29) is 0 Å². The molecule has 1 aromatic carbocycles. The summed E-state index contributed by atoms with van der Waals surface area (Å²) in [7, 11) is 3.20. The van der Waals surface area contributed by atoms with Gasteiger partial charge in [-0.25, -0.2) is 4.98 Å². The van der Waals surface area contributed by atoms with Gasteiger partial charge in [-0.05, 0) is 12.1 Å². The summed E-state index contributed by atoms with van der Waals surface area (Å²) in [6.45, 7) is 0. The largest absolute Gasteiger partial charge is 0.497 e. The van der Waals surface area contributed by atoms with Crippen LogP contribution in [0.15, 0.2) is 29.9 Å². The van der Waals surface area contributed by atoms with Crippen molar-refractivity contribution >= 4 is 11.3 Å². The maximum absolute atomic E-state index is 5.62. The minimum Gasteiger partial charge on any atom is -0.497 e. The lowest BCUT2D eigenvalue weighted by atomic mass is 10.3. The van der Waals surface area contributed by atoms with Gasteiger partial charge in [-0.2, -0.15) is 0 Å². The van der Waals surface area contributed by atoms with Gasteiger partial charge in [0.2, 0.25) is 5.06 Å². The van der Waals surface area contributed by atoms with Crippen LogP contribution in [0.3, 0.4) is 0 Å². The van der Waals surface area contributed by atoms with E-state index in [1.165, 1.54) is 11.3 Å². The topological polar surface area (TPSA) is 40.6 Å². The SMILES string of the molecule is COc1ccc(Oc2cncs2)c(OC)c1. The van der Waals surface area contributed by atoms with Crippen LogP contribution in [0.4, 0.5) is 0 Å². The second kappa shape index (κ2) is 4.85. The summed E-state index contributed by atoms with van der Waals surface area (Å²) in [6.07, 6.45) is 1.66. The summed E-state index contributed by atoms with van der Waals surface area (Å²) in [5, 5.41) is 0.725. The maximum atomic E-state index is 5.62. The number of hydrogen-bond acceptors (Lipinski definition) is 5. The van der Waals surface area contributed by atoms with Gasteiger partial charge in [0.25, 0.3) is 0 Å². The molecule has 0 amide bonds. The van der Waals surface area contributed by atoms with Crippen LogP contribution in [0.1, 0.15) is 0 Å². The molecule has 0 bridgehead atoms. The van der Waals surface area contributed by atoms with Crippen molar-refractivity contribution in [2.24, 2.45) is 0 Å². The molecular weight excluding hydrogens is 226 g/mol. The molecule has 0 spiro atoms. The van der Waals surface area contributed by atoms with Gasteiger partial charge in [0.1, 0.15) is 5.75 Å². The van der Waals surface area contributed by atoms with Crippen molar-refractivity contribution < 1.29 is 14.2 Å². The van der Waals surface area contributed by atoms with E-state index < -0.39 is 0 Å². The van der Waals surface area contributed by atoms with E-state index in [2.05, 4.69) is 4.98 Å². The molecule has 84 valence electrons. The lowest BCUT2D eigenvalue weighted by molar-refractivity contribution is 0.371. The van der Waals surface area contributed by atoms with Gasteiger partial charge in [0.05, 0.1) is 25.9 Å². The molecule has 0 fully saturated rings. The van der Waals surface area contributed by atoms with Crippen LogP contribution in [0, 0.1) is 0 Å². The average Bonchev–Trinajstić information content (AvgIpc) is 2.82. The lowest BCUT2D eigenvalue weighted by Crippen LogP contribution is -1.90. The molecule has 0 unspecified atom stereocenters. The molecule has 0 saturated heterocycles. The number of rotatable bonds is 4. The Morgan fingerprint density at radius 1 is 1.12 bits per heavy atom. The zero-order valence-electron chi connectivity index (χ0n) is 8.97. The first-order valence-electron chi connectivity index (χ1n) is 4.62. The molecule has 0 saturated carbocycles. The van der Waals surface area contributed by atoms with E-state index in [0.717, 1.165) is 10.8 Å². The van der Waals surface area contributed by atoms with Crippen LogP contribution >= 0.6 is 11.3 Å². The molecule has 4 nitrogen and oxygen atoms in total. The van der Waals surface area contributed by atoms with E-state index in [4.69, 9.17) is 14.2 Å². The highest BCUT2D eigenvalue weighted by molar-refractivity contribution is 7.11. The first-order chi connectivity index (χ1) is 7.83. The second-order valence-corrected chi connectivity index (χ2v) is 3.79. The van der Waals surface area contributed by atoms with Crippen molar-refractivity contribution in [3.8, 4) is 22.3 Å². The number of hydrogen-bond donors (Lipinski definition) is 0. The molecule has 0 aliphatic heterocycles. The smallest absolute Gasteiger partial charge is 0.200 e. The Bertz CT molecular complexity index is 456. The van der Waals surface area contributed by atoms with E-state index >= 15 is 0 Å². The third-order valence-corrected chi connectivity index (χ3v) is 2.64. The van der Waals surface area contributed by atoms with Crippen molar-refractivity contribution in [3.05, 3.63) is 29.9 Å². The first kappa shape index (κ1) is 10.8. The molecule has 5 heteroatoms. The minimum absolute atomic E-state index is 0.632. The predicted octanol–water partition coefficient (Wildman–Crippen LogP) is 2.95. The number of benzene rings is 1. The van der Waals surface area contributed by atoms with Gasteiger partial charge < -0.3 is 14.2 Å². The van der Waals surface area contributed by atoms with Crippen molar-refractivity contribution in [1.29, 1.82) is 0 Å². The zero-order valence-corrected chi connectivity index (χ0v) is 9.78. The highest BCUT2D eigenvalue weighted by Gasteiger charge is 2.07. The fraction of sp³-hybridized carbons (Fsp3) is 0.182. The Balaban J connectivity index is 2.26. The fourth-order valence-corrected chi connectivity index (χ4v) is 1.71. The normalized spacial score (nSPS) is 9.88. The van der Waals surface area contributed by atoms with Gasteiger partial charge in [-0.15, -0.1) is 0 Å². The minimum atomic E-state index is 0.632. The van der Waals surface area contributed by atoms with Crippen LogP contribution in [-0.4, -0.2) is 19.2 Å². The molecule has 0 aliphatic carbocycles. The van der Waals surface area contributed by atoms with Crippen LogP contribution in [0.25, 0.3) is 0 Å². The Hall–Kier alpha value is -1.75. The quantitative estimate of drug-likeness (QED) is 0.819. The van der Waals surface area contributed by atoms with E-state index in [0.29, 0.717) is 11.5 Å². The molecule has 2 aromatic rings. The highest BCUT2D eigenvalue weighted by Crippen LogP contribution is 2.35. The molecule has 0 radical (unpaired) electrons. The number of methoxy groups -OCH3 is 2. The van der Waals surface area contributed by atoms with E-state index in [9.17, 15) is 0 Å². The van der Waals surface area contributed by atoms with Crippen molar-refractivity contribution in [2.75, 3.05) is 14.2 Å². The maximum Gasteiger partial charge on any atom is 0.200 e. The summed E-state index contributed by atoms with van der Waals surface area (Å²) in [6, 6.07) is 5.40. The van der Waals surface area contributed by atoms with Gasteiger partial charge in [0.15, 0.2) is 11.5 Å². The number of aromatic nitrogens is 1. The molecule has 0 atom stereocenters. The molecule has 1 aromatic heterocycles. The Morgan fingerprint density at radius 3 is 2.62 bits per heavy atom.